The summed E-state index contributed by atoms with van der Waals surface area (Å²) >= 11 is 9.21. The highest BCUT2D eigenvalue weighted by Crippen LogP contribution is 2.32. The lowest BCUT2D eigenvalue weighted by Gasteiger charge is -2.22. The number of hydrogen-bond acceptors (Lipinski definition) is 4. The zero-order chi connectivity index (χ0) is 13.0. The van der Waals surface area contributed by atoms with E-state index < -0.39 is 0 Å². The number of halogens is 1. The summed E-state index contributed by atoms with van der Waals surface area (Å²) in [4.78, 5) is 2.32. The number of nitrogens with two attached hydrogens (primary N) is 1. The van der Waals surface area contributed by atoms with E-state index in [2.05, 4.69) is 18.4 Å². The molecule has 2 N–H and O–H groups in total. The predicted octanol–water partition coefficient (Wildman–Crippen LogP) is 4.46. The Morgan fingerprint density at radius 1 is 1.39 bits per heavy atom. The van der Waals surface area contributed by atoms with Gasteiger partial charge in [-0.25, -0.2) is 0 Å². The second-order valence-electron chi connectivity index (χ2n) is 4.02. The highest BCUT2D eigenvalue weighted by atomic mass is 35.5. The van der Waals surface area contributed by atoms with E-state index in [0.29, 0.717) is 6.61 Å². The molecule has 0 aromatic carbocycles. The number of thiophene rings is 2. The van der Waals surface area contributed by atoms with Crippen molar-refractivity contribution in [3.05, 3.63) is 43.7 Å². The summed E-state index contributed by atoms with van der Waals surface area (Å²) in [6, 6.07) is 7.99. The molecule has 0 aliphatic carbocycles. The Morgan fingerprint density at radius 2 is 2.22 bits per heavy atom. The first kappa shape index (κ1) is 14.0. The van der Waals surface area contributed by atoms with Crippen molar-refractivity contribution in [2.45, 2.75) is 32.1 Å². The van der Waals surface area contributed by atoms with Crippen LogP contribution in [0.25, 0.3) is 0 Å². The maximum atomic E-state index is 6.14. The molecule has 0 spiro atoms. The molecule has 2 unspecified atom stereocenters. The smallest absolute Gasteiger partial charge is 0.107 e. The van der Waals surface area contributed by atoms with Crippen molar-refractivity contribution in [2.24, 2.45) is 5.73 Å². The van der Waals surface area contributed by atoms with Crippen molar-refractivity contribution in [3.63, 3.8) is 0 Å². The summed E-state index contributed by atoms with van der Waals surface area (Å²) in [5.74, 6) is 0. The lowest BCUT2D eigenvalue weighted by Crippen LogP contribution is -2.28. The van der Waals surface area contributed by atoms with Gasteiger partial charge in [-0.1, -0.05) is 24.6 Å². The molecule has 98 valence electrons. The van der Waals surface area contributed by atoms with E-state index in [0.717, 1.165) is 15.6 Å². The minimum absolute atomic E-state index is 0.000297. The molecule has 0 amide bonds. The van der Waals surface area contributed by atoms with Crippen LogP contribution in [0.5, 0.6) is 0 Å². The molecule has 2 heterocycles. The number of hydrogen-bond donors (Lipinski definition) is 1. The van der Waals surface area contributed by atoms with Crippen LogP contribution < -0.4 is 5.73 Å². The summed E-state index contributed by atoms with van der Waals surface area (Å²) in [7, 11) is 0. The molecule has 2 aromatic rings. The molecular formula is C13H16ClNOS2. The fraction of sp³-hybridized carbons (Fsp3) is 0.385. The largest absolute Gasteiger partial charge is 0.366 e. The minimum Gasteiger partial charge on any atom is -0.366 e. The summed E-state index contributed by atoms with van der Waals surface area (Å²) in [5.41, 5.74) is 6.14. The van der Waals surface area contributed by atoms with E-state index in [-0.39, 0.29) is 12.1 Å². The summed E-state index contributed by atoms with van der Waals surface area (Å²) in [6.07, 6.45) is 0.805. The molecule has 0 saturated carbocycles. The summed E-state index contributed by atoms with van der Waals surface area (Å²) in [5, 5.41) is 2.05. The third kappa shape index (κ3) is 3.56. The minimum atomic E-state index is -0.0744. The van der Waals surface area contributed by atoms with Crippen LogP contribution in [0.15, 0.2) is 29.6 Å². The molecule has 0 radical (unpaired) electrons. The van der Waals surface area contributed by atoms with Crippen molar-refractivity contribution in [3.8, 4) is 0 Å². The van der Waals surface area contributed by atoms with Crippen LogP contribution >= 0.6 is 34.3 Å². The molecule has 0 aliphatic rings. The van der Waals surface area contributed by atoms with Crippen molar-refractivity contribution in [2.75, 3.05) is 0 Å². The van der Waals surface area contributed by atoms with Gasteiger partial charge < -0.3 is 10.5 Å². The van der Waals surface area contributed by atoms with E-state index >= 15 is 0 Å². The maximum Gasteiger partial charge on any atom is 0.107 e. The van der Waals surface area contributed by atoms with Gasteiger partial charge in [0.05, 0.1) is 10.9 Å². The second kappa shape index (κ2) is 6.68. The highest BCUT2D eigenvalue weighted by Gasteiger charge is 2.21. The van der Waals surface area contributed by atoms with Gasteiger partial charge in [-0.3, -0.25) is 0 Å². The van der Waals surface area contributed by atoms with Gasteiger partial charge in [-0.05, 0) is 30.0 Å². The Hall–Kier alpha value is -0.390. The third-order valence-electron chi connectivity index (χ3n) is 2.72. The Morgan fingerprint density at radius 3 is 2.78 bits per heavy atom. The third-order valence-corrected chi connectivity index (χ3v) is 4.86. The Bertz CT molecular complexity index is 469. The maximum absolute atomic E-state index is 6.14. The van der Waals surface area contributed by atoms with E-state index in [1.165, 1.54) is 4.88 Å². The molecule has 0 aliphatic heterocycles. The van der Waals surface area contributed by atoms with Gasteiger partial charge in [0.25, 0.3) is 0 Å². The van der Waals surface area contributed by atoms with Crippen molar-refractivity contribution in [1.82, 2.24) is 0 Å². The standard InChI is InChI=1S/C13H16ClNOS2/c1-2-10(15)13(11-5-6-12(14)18-11)16-8-9-4-3-7-17-9/h3-7,10,13H,2,8,15H2,1H3. The lowest BCUT2D eigenvalue weighted by atomic mass is 10.1. The van der Waals surface area contributed by atoms with Crippen LogP contribution in [-0.4, -0.2) is 6.04 Å². The molecule has 18 heavy (non-hydrogen) atoms. The molecule has 2 nitrogen and oxygen atoms in total. The van der Waals surface area contributed by atoms with Crippen LogP contribution in [-0.2, 0) is 11.3 Å². The van der Waals surface area contributed by atoms with Crippen molar-refractivity contribution >= 4 is 34.3 Å². The molecule has 0 saturated heterocycles. The van der Waals surface area contributed by atoms with Gasteiger partial charge in [0.1, 0.15) is 6.10 Å². The van der Waals surface area contributed by atoms with Crippen LogP contribution in [0.2, 0.25) is 4.34 Å². The van der Waals surface area contributed by atoms with Gasteiger partial charge >= 0.3 is 0 Å². The SMILES string of the molecule is CCC(N)C(OCc1cccs1)c1ccc(Cl)s1. The van der Waals surface area contributed by atoms with Crippen molar-refractivity contribution in [1.29, 1.82) is 0 Å². The normalized spacial score (nSPS) is 14.6. The van der Waals surface area contributed by atoms with Gasteiger partial charge in [-0.15, -0.1) is 22.7 Å². The van der Waals surface area contributed by atoms with E-state index in [9.17, 15) is 0 Å². The van der Waals surface area contributed by atoms with E-state index in [4.69, 9.17) is 22.1 Å². The van der Waals surface area contributed by atoms with Gasteiger partial charge in [0.15, 0.2) is 0 Å². The predicted molar refractivity (Wildman–Crippen MR) is 79.4 cm³/mol. The first-order valence-corrected chi connectivity index (χ1v) is 7.93. The fourth-order valence-electron chi connectivity index (χ4n) is 1.68. The van der Waals surface area contributed by atoms with Crippen LogP contribution in [0, 0.1) is 0 Å². The van der Waals surface area contributed by atoms with Crippen molar-refractivity contribution < 1.29 is 4.74 Å². The molecule has 0 bridgehead atoms. The topological polar surface area (TPSA) is 35.2 Å². The molecule has 2 rings (SSSR count). The molecule has 0 fully saturated rings. The van der Waals surface area contributed by atoms with Crippen LogP contribution in [0.4, 0.5) is 0 Å². The number of rotatable bonds is 6. The van der Waals surface area contributed by atoms with Gasteiger partial charge in [0.2, 0.25) is 0 Å². The zero-order valence-corrected chi connectivity index (χ0v) is 12.5. The van der Waals surface area contributed by atoms with Gasteiger partial charge in [0, 0.05) is 15.8 Å². The quantitative estimate of drug-likeness (QED) is 0.855. The van der Waals surface area contributed by atoms with E-state index in [1.807, 2.05) is 18.2 Å². The molecule has 2 atom stereocenters. The van der Waals surface area contributed by atoms with E-state index in [1.54, 1.807) is 22.7 Å². The Kier molecular flexibility index (Phi) is 5.21. The average molecular weight is 302 g/mol. The average Bonchev–Trinajstić information content (AvgIpc) is 3.01. The lowest BCUT2D eigenvalue weighted by molar-refractivity contribution is 0.0251. The zero-order valence-electron chi connectivity index (χ0n) is 10.1. The Labute approximate surface area is 120 Å². The number of ether oxygens (including phenoxy) is 1. The first-order chi connectivity index (χ1) is 8.70. The first-order valence-electron chi connectivity index (χ1n) is 5.85. The monoisotopic (exact) mass is 301 g/mol. The van der Waals surface area contributed by atoms with Crippen LogP contribution in [0.1, 0.15) is 29.2 Å². The fourth-order valence-corrected chi connectivity index (χ4v) is 3.49. The summed E-state index contributed by atoms with van der Waals surface area (Å²) in [6.45, 7) is 2.67. The molecule has 2 aromatic heterocycles. The second-order valence-corrected chi connectivity index (χ2v) is 6.80. The molecular weight excluding hydrogens is 286 g/mol. The molecule has 5 heteroatoms. The highest BCUT2D eigenvalue weighted by molar-refractivity contribution is 7.16. The van der Waals surface area contributed by atoms with Crippen LogP contribution in [0.3, 0.4) is 0 Å². The Balaban J connectivity index is 2.05. The summed E-state index contributed by atoms with van der Waals surface area (Å²) < 4.78 is 6.75. The van der Waals surface area contributed by atoms with Gasteiger partial charge in [-0.2, -0.15) is 0 Å².